The molecule has 1 aromatic carbocycles. The molecule has 1 aliphatic heterocycles. The lowest BCUT2D eigenvalue weighted by Crippen LogP contribution is -2.52. The van der Waals surface area contributed by atoms with Crippen LogP contribution in [0.4, 0.5) is 0 Å². The van der Waals surface area contributed by atoms with Crippen LogP contribution in [0.1, 0.15) is 43.5 Å². The van der Waals surface area contributed by atoms with E-state index >= 15 is 0 Å². The second-order valence-corrected chi connectivity index (χ2v) is 6.34. The van der Waals surface area contributed by atoms with Crippen molar-refractivity contribution in [3.05, 3.63) is 42.2 Å². The number of likely N-dealkylation sites (tertiary alicyclic amines) is 1. The maximum atomic E-state index is 13.1. The molecule has 3 heteroatoms. The van der Waals surface area contributed by atoms with Gasteiger partial charge in [-0.3, -0.25) is 14.7 Å². The van der Waals surface area contributed by atoms with E-state index in [-0.39, 0.29) is 5.78 Å². The number of piperidine rings is 1. The van der Waals surface area contributed by atoms with Crippen LogP contribution in [0.3, 0.4) is 0 Å². The molecule has 1 saturated heterocycles. The van der Waals surface area contributed by atoms with E-state index in [1.54, 1.807) is 12.4 Å². The van der Waals surface area contributed by atoms with Gasteiger partial charge in [0.1, 0.15) is 0 Å². The molecule has 0 unspecified atom stereocenters. The van der Waals surface area contributed by atoms with Gasteiger partial charge in [0.2, 0.25) is 0 Å². The Hall–Kier alpha value is -1.74. The molecule has 110 valence electrons. The molecule has 0 N–H and O–H groups in total. The highest BCUT2D eigenvalue weighted by Crippen LogP contribution is 2.27. The summed E-state index contributed by atoms with van der Waals surface area (Å²) in [5, 5.41) is 2.03. The minimum absolute atomic E-state index is 0.197. The van der Waals surface area contributed by atoms with E-state index in [1.807, 2.05) is 24.3 Å². The lowest BCUT2D eigenvalue weighted by molar-refractivity contribution is 0.0581. The van der Waals surface area contributed by atoms with Crippen LogP contribution in [0, 0.1) is 0 Å². The van der Waals surface area contributed by atoms with Gasteiger partial charge in [0.25, 0.3) is 0 Å². The summed E-state index contributed by atoms with van der Waals surface area (Å²) in [6, 6.07) is 7.88. The molecule has 0 atom stereocenters. The Morgan fingerprint density at radius 3 is 2.67 bits per heavy atom. The van der Waals surface area contributed by atoms with Gasteiger partial charge < -0.3 is 0 Å². The van der Waals surface area contributed by atoms with Crippen LogP contribution in [-0.4, -0.2) is 34.3 Å². The van der Waals surface area contributed by atoms with Gasteiger partial charge in [-0.15, -0.1) is 0 Å². The zero-order valence-corrected chi connectivity index (χ0v) is 12.8. The third kappa shape index (κ3) is 2.58. The van der Waals surface area contributed by atoms with Crippen LogP contribution >= 0.6 is 0 Å². The SMILES string of the molecule is CC(C)(C(=O)c1cccc2ccncc12)N1CCCCC1. The number of nitrogens with zero attached hydrogens (tertiary/aromatic N) is 2. The Balaban J connectivity index is 1.99. The number of carbonyl (C=O) groups excluding carboxylic acids is 1. The Bertz CT molecular complexity index is 652. The smallest absolute Gasteiger partial charge is 0.183 e. The molecule has 1 aliphatic rings. The number of benzene rings is 1. The number of Topliss-reactive ketones (excluding diaryl/α,β-unsaturated/α-hetero) is 1. The molecule has 1 aromatic heterocycles. The molecule has 0 spiro atoms. The maximum absolute atomic E-state index is 13.1. The topological polar surface area (TPSA) is 33.2 Å². The molecular formula is C18H22N2O. The van der Waals surface area contributed by atoms with Crippen molar-refractivity contribution >= 4 is 16.6 Å². The van der Waals surface area contributed by atoms with Crippen LogP contribution < -0.4 is 0 Å². The van der Waals surface area contributed by atoms with Crippen molar-refractivity contribution in [2.75, 3.05) is 13.1 Å². The Morgan fingerprint density at radius 2 is 1.90 bits per heavy atom. The average Bonchev–Trinajstić information content (AvgIpc) is 2.54. The molecule has 0 amide bonds. The lowest BCUT2D eigenvalue weighted by Gasteiger charge is -2.39. The second-order valence-electron chi connectivity index (χ2n) is 6.34. The van der Waals surface area contributed by atoms with E-state index < -0.39 is 5.54 Å². The average molecular weight is 282 g/mol. The summed E-state index contributed by atoms with van der Waals surface area (Å²) in [6.45, 7) is 6.13. The van der Waals surface area contributed by atoms with Crippen molar-refractivity contribution in [1.82, 2.24) is 9.88 Å². The summed E-state index contributed by atoms with van der Waals surface area (Å²) in [4.78, 5) is 19.6. The zero-order chi connectivity index (χ0) is 14.9. The van der Waals surface area contributed by atoms with E-state index in [0.717, 1.165) is 29.4 Å². The normalized spacial score (nSPS) is 17.0. The number of pyridine rings is 1. The fraction of sp³-hybridized carbons (Fsp3) is 0.444. The second kappa shape index (κ2) is 5.57. The van der Waals surface area contributed by atoms with Crippen molar-refractivity contribution in [2.24, 2.45) is 0 Å². The van der Waals surface area contributed by atoms with E-state index in [0.29, 0.717) is 0 Å². The summed E-state index contributed by atoms with van der Waals surface area (Å²) in [6.07, 6.45) is 7.22. The quantitative estimate of drug-likeness (QED) is 0.805. The first kappa shape index (κ1) is 14.2. The monoisotopic (exact) mass is 282 g/mol. The van der Waals surface area contributed by atoms with Gasteiger partial charge in [-0.1, -0.05) is 24.6 Å². The minimum Gasteiger partial charge on any atom is -0.292 e. The summed E-state index contributed by atoms with van der Waals surface area (Å²) in [5.74, 6) is 0.197. The first-order chi connectivity index (χ1) is 10.1. The van der Waals surface area contributed by atoms with E-state index in [2.05, 4.69) is 23.7 Å². The van der Waals surface area contributed by atoms with Crippen molar-refractivity contribution in [3.63, 3.8) is 0 Å². The third-order valence-corrected chi connectivity index (χ3v) is 4.63. The molecule has 0 bridgehead atoms. The van der Waals surface area contributed by atoms with Crippen LogP contribution in [0.15, 0.2) is 36.7 Å². The number of hydrogen-bond donors (Lipinski definition) is 0. The first-order valence-electron chi connectivity index (χ1n) is 7.73. The third-order valence-electron chi connectivity index (χ3n) is 4.63. The van der Waals surface area contributed by atoms with E-state index in [1.165, 1.54) is 19.3 Å². The minimum atomic E-state index is -0.454. The van der Waals surface area contributed by atoms with Crippen molar-refractivity contribution < 1.29 is 4.79 Å². The number of ketones is 1. The largest absolute Gasteiger partial charge is 0.292 e. The van der Waals surface area contributed by atoms with Gasteiger partial charge in [-0.2, -0.15) is 0 Å². The molecule has 1 fully saturated rings. The van der Waals surface area contributed by atoms with E-state index in [9.17, 15) is 4.79 Å². The number of aromatic nitrogens is 1. The molecular weight excluding hydrogens is 260 g/mol. The zero-order valence-electron chi connectivity index (χ0n) is 12.8. The molecule has 2 heterocycles. The van der Waals surface area contributed by atoms with Crippen molar-refractivity contribution in [1.29, 1.82) is 0 Å². The molecule has 0 aliphatic carbocycles. The molecule has 0 saturated carbocycles. The predicted octanol–water partition coefficient (Wildman–Crippen LogP) is 3.68. The van der Waals surface area contributed by atoms with Gasteiger partial charge in [0.15, 0.2) is 5.78 Å². The summed E-state index contributed by atoms with van der Waals surface area (Å²) in [7, 11) is 0. The van der Waals surface area contributed by atoms with E-state index in [4.69, 9.17) is 0 Å². The first-order valence-corrected chi connectivity index (χ1v) is 7.73. The molecule has 3 rings (SSSR count). The molecule has 0 radical (unpaired) electrons. The Labute approximate surface area is 126 Å². The van der Waals surface area contributed by atoms with Crippen LogP contribution in [0.2, 0.25) is 0 Å². The fourth-order valence-corrected chi connectivity index (χ4v) is 3.24. The molecule has 3 nitrogen and oxygen atoms in total. The highest BCUT2D eigenvalue weighted by atomic mass is 16.1. The predicted molar refractivity (Wildman–Crippen MR) is 85.6 cm³/mol. The Morgan fingerprint density at radius 1 is 1.14 bits per heavy atom. The van der Waals surface area contributed by atoms with Crippen molar-refractivity contribution in [2.45, 2.75) is 38.6 Å². The summed E-state index contributed by atoms with van der Waals surface area (Å²) < 4.78 is 0. The highest BCUT2D eigenvalue weighted by molar-refractivity contribution is 6.11. The highest BCUT2D eigenvalue weighted by Gasteiger charge is 2.36. The van der Waals surface area contributed by atoms with Crippen molar-refractivity contribution in [3.8, 4) is 0 Å². The van der Waals surface area contributed by atoms with Crippen LogP contribution in [0.5, 0.6) is 0 Å². The molecule has 21 heavy (non-hydrogen) atoms. The Kier molecular flexibility index (Phi) is 3.77. The number of hydrogen-bond acceptors (Lipinski definition) is 3. The lowest BCUT2D eigenvalue weighted by atomic mass is 9.87. The van der Waals surface area contributed by atoms with Gasteiger partial charge in [0.05, 0.1) is 5.54 Å². The van der Waals surface area contributed by atoms with Gasteiger partial charge >= 0.3 is 0 Å². The number of fused-ring (bicyclic) bond motifs is 1. The summed E-state index contributed by atoms with van der Waals surface area (Å²) in [5.41, 5.74) is 0.334. The fourth-order valence-electron chi connectivity index (χ4n) is 3.24. The van der Waals surface area contributed by atoms with Gasteiger partial charge in [-0.25, -0.2) is 0 Å². The van der Waals surface area contributed by atoms with Crippen LogP contribution in [0.25, 0.3) is 10.8 Å². The number of carbonyl (C=O) groups is 1. The molecule has 2 aromatic rings. The standard InChI is InChI=1S/C18H22N2O/c1-18(2,20-11-4-3-5-12-20)17(21)15-8-6-7-14-9-10-19-13-16(14)15/h6-10,13H,3-5,11-12H2,1-2H3. The summed E-state index contributed by atoms with van der Waals surface area (Å²) >= 11 is 0. The number of rotatable bonds is 3. The van der Waals surface area contributed by atoms with Gasteiger partial charge in [-0.05, 0) is 51.2 Å². The maximum Gasteiger partial charge on any atom is 0.183 e. The van der Waals surface area contributed by atoms with Gasteiger partial charge in [0, 0.05) is 23.3 Å². The van der Waals surface area contributed by atoms with Crippen LogP contribution in [-0.2, 0) is 0 Å².